The molecular formula is C24H15F3N6O3. The number of nitrogens with one attached hydrogen (secondary N) is 2. The molecule has 4 aromatic heterocycles. The van der Waals surface area contributed by atoms with Crippen LogP contribution in [0, 0.1) is 0 Å². The molecule has 12 heteroatoms. The lowest BCUT2D eigenvalue weighted by Gasteiger charge is -2.07. The van der Waals surface area contributed by atoms with Crippen molar-refractivity contribution in [3.05, 3.63) is 77.0 Å². The van der Waals surface area contributed by atoms with Crippen LogP contribution < -0.4 is 10.3 Å². The van der Waals surface area contributed by atoms with Crippen molar-refractivity contribution >= 4 is 16.7 Å². The van der Waals surface area contributed by atoms with Crippen LogP contribution >= 0.6 is 0 Å². The van der Waals surface area contributed by atoms with E-state index >= 15 is 0 Å². The highest BCUT2D eigenvalue weighted by Gasteiger charge is 2.39. The summed E-state index contributed by atoms with van der Waals surface area (Å²) in [4.78, 5) is 22.7. The van der Waals surface area contributed by atoms with Gasteiger partial charge >= 0.3 is 6.18 Å². The summed E-state index contributed by atoms with van der Waals surface area (Å²) >= 11 is 0. The molecule has 0 fully saturated rings. The number of oxazole rings is 1. The first-order valence-corrected chi connectivity index (χ1v) is 10.6. The lowest BCUT2D eigenvalue weighted by atomic mass is 10.0. The van der Waals surface area contributed by atoms with Gasteiger partial charge in [-0.15, -0.1) is 0 Å². The monoisotopic (exact) mass is 492 g/mol. The van der Waals surface area contributed by atoms with Gasteiger partial charge in [0.2, 0.25) is 5.89 Å². The van der Waals surface area contributed by atoms with Crippen LogP contribution in [0.5, 0.6) is 5.75 Å². The van der Waals surface area contributed by atoms with Crippen molar-refractivity contribution in [2.75, 3.05) is 7.11 Å². The number of halogens is 3. The number of fused-ring (bicyclic) bond motifs is 2. The van der Waals surface area contributed by atoms with E-state index in [1.54, 1.807) is 36.4 Å². The van der Waals surface area contributed by atoms with E-state index in [-0.39, 0.29) is 33.9 Å². The molecule has 9 nitrogen and oxygen atoms in total. The van der Waals surface area contributed by atoms with Crippen LogP contribution in [0.25, 0.3) is 50.6 Å². The van der Waals surface area contributed by atoms with Crippen molar-refractivity contribution in [3.8, 4) is 39.6 Å². The third kappa shape index (κ3) is 3.26. The third-order valence-corrected chi connectivity index (χ3v) is 5.71. The molecule has 0 amide bonds. The van der Waals surface area contributed by atoms with Crippen LogP contribution in [0.15, 0.2) is 70.1 Å². The van der Waals surface area contributed by atoms with Gasteiger partial charge in [-0.25, -0.2) is 9.97 Å². The second-order valence-electron chi connectivity index (χ2n) is 7.84. The van der Waals surface area contributed by atoms with E-state index in [2.05, 4.69) is 25.3 Å². The van der Waals surface area contributed by atoms with Gasteiger partial charge in [-0.1, -0.05) is 36.4 Å². The molecular weight excluding hydrogens is 477 g/mol. The van der Waals surface area contributed by atoms with Gasteiger partial charge in [0, 0.05) is 11.8 Å². The number of aromatic amines is 2. The van der Waals surface area contributed by atoms with E-state index in [1.807, 2.05) is 0 Å². The number of methoxy groups -OCH3 is 1. The first-order valence-electron chi connectivity index (χ1n) is 10.6. The summed E-state index contributed by atoms with van der Waals surface area (Å²) in [6.07, 6.45) is -1.90. The number of hydrogen-bond donors (Lipinski definition) is 2. The fourth-order valence-electron chi connectivity index (χ4n) is 4.13. The molecule has 0 saturated heterocycles. The van der Waals surface area contributed by atoms with Crippen LogP contribution in [-0.4, -0.2) is 36.9 Å². The van der Waals surface area contributed by atoms with E-state index < -0.39 is 17.4 Å². The summed E-state index contributed by atoms with van der Waals surface area (Å²) in [5.74, 6) is 0.286. The zero-order chi connectivity index (χ0) is 25.0. The van der Waals surface area contributed by atoms with Crippen molar-refractivity contribution in [1.29, 1.82) is 0 Å². The Morgan fingerprint density at radius 2 is 1.81 bits per heavy atom. The standard InChI is InChI=1S/C24H15F3N6O3/c1-35-14-8-5-9-15-19(14)31-22(36-15)17-18(13-10-28-29-11-13)30-21-16(12-6-3-2-4-7-12)20(24(25,26)27)32-33(21)23(17)34/h2-11,32H,1H3,(H,28,29). The van der Waals surface area contributed by atoms with Crippen LogP contribution in [0.2, 0.25) is 0 Å². The predicted molar refractivity (Wildman–Crippen MR) is 123 cm³/mol. The van der Waals surface area contributed by atoms with E-state index in [9.17, 15) is 18.0 Å². The minimum atomic E-state index is -4.79. The Labute approximate surface area is 199 Å². The van der Waals surface area contributed by atoms with Gasteiger partial charge in [0.15, 0.2) is 16.7 Å². The number of hydrogen-bond acceptors (Lipinski definition) is 6. The fourth-order valence-corrected chi connectivity index (χ4v) is 4.13. The lowest BCUT2D eigenvalue weighted by Crippen LogP contribution is -2.19. The molecule has 6 rings (SSSR count). The van der Waals surface area contributed by atoms with E-state index in [4.69, 9.17) is 9.15 Å². The van der Waals surface area contributed by atoms with Gasteiger partial charge in [-0.05, 0) is 17.7 Å². The van der Waals surface area contributed by atoms with Crippen LogP contribution in [0.1, 0.15) is 5.69 Å². The average Bonchev–Trinajstić information content (AvgIpc) is 3.61. The van der Waals surface area contributed by atoms with Crippen molar-refractivity contribution in [1.82, 2.24) is 29.8 Å². The molecule has 0 bridgehead atoms. The normalized spacial score (nSPS) is 12.0. The van der Waals surface area contributed by atoms with Gasteiger partial charge in [0.25, 0.3) is 5.56 Å². The van der Waals surface area contributed by atoms with Gasteiger partial charge in [0.05, 0.1) is 24.6 Å². The fraction of sp³-hybridized carbons (Fsp3) is 0.0833. The molecule has 0 unspecified atom stereocenters. The number of para-hydroxylation sites is 1. The molecule has 0 aliphatic heterocycles. The highest BCUT2D eigenvalue weighted by Crippen LogP contribution is 2.40. The molecule has 0 radical (unpaired) electrons. The maximum absolute atomic E-state index is 14.1. The minimum absolute atomic E-state index is 0.0594. The van der Waals surface area contributed by atoms with E-state index in [0.29, 0.717) is 22.4 Å². The van der Waals surface area contributed by atoms with Crippen LogP contribution in [0.3, 0.4) is 0 Å². The van der Waals surface area contributed by atoms with E-state index in [0.717, 1.165) is 4.52 Å². The van der Waals surface area contributed by atoms with Gasteiger partial charge in [0.1, 0.15) is 17.0 Å². The molecule has 2 aromatic carbocycles. The second-order valence-corrected chi connectivity index (χ2v) is 7.84. The maximum Gasteiger partial charge on any atom is 0.433 e. The van der Waals surface area contributed by atoms with Crippen LogP contribution in [-0.2, 0) is 6.18 Å². The Kier molecular flexibility index (Phi) is 4.71. The summed E-state index contributed by atoms with van der Waals surface area (Å²) in [5, 5.41) is 8.75. The molecule has 2 N–H and O–H groups in total. The van der Waals surface area contributed by atoms with Crippen molar-refractivity contribution in [3.63, 3.8) is 0 Å². The Morgan fingerprint density at radius 3 is 2.50 bits per heavy atom. The number of aromatic nitrogens is 6. The third-order valence-electron chi connectivity index (χ3n) is 5.71. The van der Waals surface area contributed by atoms with E-state index in [1.165, 1.54) is 31.6 Å². The molecule has 6 aromatic rings. The number of rotatable bonds is 4. The lowest BCUT2D eigenvalue weighted by molar-refractivity contribution is -0.140. The molecule has 0 atom stereocenters. The largest absolute Gasteiger partial charge is 0.494 e. The Bertz CT molecular complexity index is 1780. The zero-order valence-electron chi connectivity index (χ0n) is 18.4. The number of H-pyrrole nitrogens is 2. The van der Waals surface area contributed by atoms with Gasteiger partial charge < -0.3 is 9.15 Å². The van der Waals surface area contributed by atoms with Crippen LogP contribution in [0.4, 0.5) is 13.2 Å². The maximum atomic E-state index is 14.1. The van der Waals surface area contributed by atoms with Crippen molar-refractivity contribution in [2.45, 2.75) is 6.18 Å². The number of alkyl halides is 3. The van der Waals surface area contributed by atoms with Gasteiger partial charge in [-0.2, -0.15) is 22.8 Å². The molecule has 180 valence electrons. The predicted octanol–water partition coefficient (Wildman–Crippen LogP) is 4.92. The minimum Gasteiger partial charge on any atom is -0.494 e. The Hall–Kier alpha value is -4.87. The SMILES string of the molecule is COc1cccc2oc(-c3c(-c4cn[nH]c4)nc4c(-c5ccccc5)c(C(F)(F)F)[nH]n4c3=O)nc12. The second kappa shape index (κ2) is 7.83. The smallest absolute Gasteiger partial charge is 0.433 e. The molecule has 0 aliphatic carbocycles. The summed E-state index contributed by atoms with van der Waals surface area (Å²) in [6.45, 7) is 0. The average molecular weight is 492 g/mol. The summed E-state index contributed by atoms with van der Waals surface area (Å²) < 4.78 is 54.2. The van der Waals surface area contributed by atoms with Gasteiger partial charge in [-0.3, -0.25) is 15.0 Å². The molecule has 0 saturated carbocycles. The number of ether oxygens (including phenoxy) is 1. The highest BCUT2D eigenvalue weighted by molar-refractivity contribution is 5.87. The first-order chi connectivity index (χ1) is 17.4. The molecule has 4 heterocycles. The summed E-state index contributed by atoms with van der Waals surface area (Å²) in [6, 6.07) is 12.9. The molecule has 36 heavy (non-hydrogen) atoms. The quantitative estimate of drug-likeness (QED) is 0.361. The first kappa shape index (κ1) is 21.6. The Morgan fingerprint density at radius 1 is 1.00 bits per heavy atom. The Balaban J connectivity index is 1.74. The zero-order valence-corrected chi connectivity index (χ0v) is 18.4. The van der Waals surface area contributed by atoms with Crippen molar-refractivity contribution < 1.29 is 22.3 Å². The number of nitrogens with zero attached hydrogens (tertiary/aromatic N) is 4. The summed E-state index contributed by atoms with van der Waals surface area (Å²) in [7, 11) is 1.46. The highest BCUT2D eigenvalue weighted by atomic mass is 19.4. The van der Waals surface area contributed by atoms with Crippen molar-refractivity contribution in [2.24, 2.45) is 0 Å². The number of benzene rings is 2. The molecule has 0 aliphatic rings. The topological polar surface area (TPSA) is 114 Å². The summed E-state index contributed by atoms with van der Waals surface area (Å²) in [5.41, 5.74) is -1.17. The molecule has 0 spiro atoms.